The Balaban J connectivity index is 0.00000192. The maximum absolute atomic E-state index is 5.87. The molecule has 1 unspecified atom stereocenters. The van der Waals surface area contributed by atoms with Gasteiger partial charge in [0, 0.05) is 12.5 Å². The van der Waals surface area contributed by atoms with Gasteiger partial charge in [0.05, 0.1) is 6.61 Å². The molecular formula is C19H24ClNO2. The summed E-state index contributed by atoms with van der Waals surface area (Å²) in [7, 11) is 0. The highest BCUT2D eigenvalue weighted by Crippen LogP contribution is 2.20. The average Bonchev–Trinajstić information content (AvgIpc) is 2.61. The van der Waals surface area contributed by atoms with Gasteiger partial charge in [-0.3, -0.25) is 0 Å². The molecule has 1 atom stereocenters. The van der Waals surface area contributed by atoms with Crippen molar-refractivity contribution in [2.45, 2.75) is 19.4 Å². The van der Waals surface area contributed by atoms with E-state index >= 15 is 0 Å². The fourth-order valence-corrected chi connectivity index (χ4v) is 2.65. The number of hydrogen-bond acceptors (Lipinski definition) is 3. The van der Waals surface area contributed by atoms with Crippen LogP contribution in [0.15, 0.2) is 54.6 Å². The Morgan fingerprint density at radius 2 is 1.61 bits per heavy atom. The van der Waals surface area contributed by atoms with Crippen LogP contribution in [-0.2, 0) is 6.61 Å². The van der Waals surface area contributed by atoms with Crippen molar-refractivity contribution in [3.05, 3.63) is 60.2 Å². The molecule has 1 N–H and O–H groups in total. The quantitative estimate of drug-likeness (QED) is 0.864. The van der Waals surface area contributed by atoms with Gasteiger partial charge in [-0.15, -0.1) is 12.4 Å². The highest BCUT2D eigenvalue weighted by atomic mass is 35.5. The van der Waals surface area contributed by atoms with Gasteiger partial charge in [0.15, 0.2) is 0 Å². The molecule has 1 aliphatic rings. The third-order valence-corrected chi connectivity index (χ3v) is 3.96. The first kappa shape index (κ1) is 17.6. The van der Waals surface area contributed by atoms with Gasteiger partial charge in [0.1, 0.15) is 18.1 Å². The van der Waals surface area contributed by atoms with Crippen LogP contribution in [0, 0.1) is 5.92 Å². The zero-order chi connectivity index (χ0) is 15.0. The van der Waals surface area contributed by atoms with Crippen LogP contribution in [0.3, 0.4) is 0 Å². The Labute approximate surface area is 144 Å². The molecule has 2 aromatic rings. The second kappa shape index (κ2) is 9.43. The van der Waals surface area contributed by atoms with Gasteiger partial charge in [0.25, 0.3) is 0 Å². The maximum Gasteiger partial charge on any atom is 0.120 e. The summed E-state index contributed by atoms with van der Waals surface area (Å²) in [6.07, 6.45) is 2.51. The van der Waals surface area contributed by atoms with Gasteiger partial charge in [-0.25, -0.2) is 0 Å². The molecule has 23 heavy (non-hydrogen) atoms. The van der Waals surface area contributed by atoms with Crippen LogP contribution in [0.5, 0.6) is 11.5 Å². The molecule has 4 heteroatoms. The van der Waals surface area contributed by atoms with Gasteiger partial charge >= 0.3 is 0 Å². The first-order valence-corrected chi connectivity index (χ1v) is 8.00. The molecule has 2 aromatic carbocycles. The molecule has 0 amide bonds. The smallest absolute Gasteiger partial charge is 0.120 e. The normalized spacial score (nSPS) is 17.1. The molecule has 1 fully saturated rings. The molecule has 0 spiro atoms. The van der Waals surface area contributed by atoms with Crippen molar-refractivity contribution in [2.75, 3.05) is 19.7 Å². The number of piperidine rings is 1. The molecule has 0 bridgehead atoms. The van der Waals surface area contributed by atoms with Gasteiger partial charge in [-0.2, -0.15) is 0 Å². The van der Waals surface area contributed by atoms with E-state index in [0.29, 0.717) is 12.5 Å². The predicted octanol–water partition coefficient (Wildman–Crippen LogP) is 4.07. The molecule has 1 heterocycles. The van der Waals surface area contributed by atoms with E-state index in [1.807, 2.05) is 42.5 Å². The zero-order valence-electron chi connectivity index (χ0n) is 13.2. The van der Waals surface area contributed by atoms with Crippen molar-refractivity contribution < 1.29 is 9.47 Å². The number of hydrogen-bond donors (Lipinski definition) is 1. The van der Waals surface area contributed by atoms with Gasteiger partial charge < -0.3 is 14.8 Å². The Morgan fingerprint density at radius 1 is 0.913 bits per heavy atom. The molecule has 3 nitrogen and oxygen atoms in total. The summed E-state index contributed by atoms with van der Waals surface area (Å²) in [5.41, 5.74) is 1.17. The van der Waals surface area contributed by atoms with Crippen LogP contribution >= 0.6 is 12.4 Å². The summed E-state index contributed by atoms with van der Waals surface area (Å²) < 4.78 is 11.6. The molecule has 0 aromatic heterocycles. The fraction of sp³-hybridized carbons (Fsp3) is 0.368. The summed E-state index contributed by atoms with van der Waals surface area (Å²) in [5, 5.41) is 3.41. The lowest BCUT2D eigenvalue weighted by Crippen LogP contribution is -2.33. The van der Waals surface area contributed by atoms with Crippen molar-refractivity contribution in [3.8, 4) is 11.5 Å². The number of rotatable bonds is 6. The van der Waals surface area contributed by atoms with Gasteiger partial charge in [0.2, 0.25) is 0 Å². The Morgan fingerprint density at radius 3 is 2.26 bits per heavy atom. The van der Waals surface area contributed by atoms with Crippen LogP contribution in [0.2, 0.25) is 0 Å². The van der Waals surface area contributed by atoms with Gasteiger partial charge in [-0.05, 0) is 49.2 Å². The van der Waals surface area contributed by atoms with Crippen molar-refractivity contribution >= 4 is 12.4 Å². The summed E-state index contributed by atoms with van der Waals surface area (Å²) in [5.74, 6) is 2.41. The Kier molecular flexibility index (Phi) is 7.24. The number of ether oxygens (including phenoxy) is 2. The van der Waals surface area contributed by atoms with Crippen molar-refractivity contribution in [1.29, 1.82) is 0 Å². The lowest BCUT2D eigenvalue weighted by molar-refractivity contribution is 0.218. The molecule has 0 aliphatic carbocycles. The molecule has 3 rings (SSSR count). The second-order valence-electron chi connectivity index (χ2n) is 5.77. The summed E-state index contributed by atoms with van der Waals surface area (Å²) >= 11 is 0. The maximum atomic E-state index is 5.87. The minimum absolute atomic E-state index is 0. The lowest BCUT2D eigenvalue weighted by Gasteiger charge is -2.22. The monoisotopic (exact) mass is 333 g/mol. The van der Waals surface area contributed by atoms with Crippen molar-refractivity contribution in [2.24, 2.45) is 5.92 Å². The highest BCUT2D eigenvalue weighted by Gasteiger charge is 2.13. The van der Waals surface area contributed by atoms with Crippen molar-refractivity contribution in [3.63, 3.8) is 0 Å². The van der Waals surface area contributed by atoms with Crippen LogP contribution < -0.4 is 14.8 Å². The van der Waals surface area contributed by atoms with Crippen molar-refractivity contribution in [1.82, 2.24) is 5.32 Å². The van der Waals surface area contributed by atoms with E-state index in [-0.39, 0.29) is 12.4 Å². The molecule has 124 valence electrons. The van der Waals surface area contributed by atoms with Gasteiger partial charge in [-0.1, -0.05) is 30.3 Å². The average molecular weight is 334 g/mol. The molecule has 0 saturated carbocycles. The van der Waals surface area contributed by atoms with E-state index in [9.17, 15) is 0 Å². The fourth-order valence-electron chi connectivity index (χ4n) is 2.65. The van der Waals surface area contributed by atoms with E-state index < -0.39 is 0 Å². The van der Waals surface area contributed by atoms with E-state index in [2.05, 4.69) is 17.4 Å². The van der Waals surface area contributed by atoms with Crippen LogP contribution in [0.1, 0.15) is 18.4 Å². The SMILES string of the molecule is Cl.c1ccc(COc2ccc(OCC3CCCNC3)cc2)cc1. The standard InChI is InChI=1S/C19H23NO2.ClH/c1-2-5-16(6-3-1)14-21-18-8-10-19(11-9-18)22-15-17-7-4-12-20-13-17;/h1-3,5-6,8-11,17,20H,4,7,12-15H2;1H. The molecule has 1 saturated heterocycles. The lowest BCUT2D eigenvalue weighted by atomic mass is 10.0. The van der Waals surface area contributed by atoms with Crippen LogP contribution in [0.4, 0.5) is 0 Å². The summed E-state index contributed by atoms with van der Waals surface area (Å²) in [6, 6.07) is 18.1. The third kappa shape index (κ3) is 5.77. The summed E-state index contributed by atoms with van der Waals surface area (Å²) in [4.78, 5) is 0. The molecule has 0 radical (unpaired) electrons. The number of halogens is 1. The first-order valence-electron chi connectivity index (χ1n) is 8.00. The highest BCUT2D eigenvalue weighted by molar-refractivity contribution is 5.85. The minimum atomic E-state index is 0. The third-order valence-electron chi connectivity index (χ3n) is 3.96. The predicted molar refractivity (Wildman–Crippen MR) is 95.6 cm³/mol. The second-order valence-corrected chi connectivity index (χ2v) is 5.77. The first-order chi connectivity index (χ1) is 10.9. The topological polar surface area (TPSA) is 30.5 Å². The number of benzene rings is 2. The van der Waals surface area contributed by atoms with E-state index in [1.54, 1.807) is 0 Å². The van der Waals surface area contributed by atoms with E-state index in [4.69, 9.17) is 9.47 Å². The minimum Gasteiger partial charge on any atom is -0.493 e. The number of nitrogens with one attached hydrogen (secondary N) is 1. The largest absolute Gasteiger partial charge is 0.493 e. The Hall–Kier alpha value is -1.71. The van der Waals surface area contributed by atoms with Crippen LogP contribution in [0.25, 0.3) is 0 Å². The van der Waals surface area contributed by atoms with E-state index in [0.717, 1.165) is 31.2 Å². The zero-order valence-corrected chi connectivity index (χ0v) is 14.1. The summed E-state index contributed by atoms with van der Waals surface area (Å²) in [6.45, 7) is 3.59. The van der Waals surface area contributed by atoms with Crippen LogP contribution in [-0.4, -0.2) is 19.7 Å². The molecule has 1 aliphatic heterocycles. The molecular weight excluding hydrogens is 310 g/mol. The Bertz CT molecular complexity index is 553. The van der Waals surface area contributed by atoms with E-state index in [1.165, 1.54) is 18.4 Å².